The maximum atomic E-state index is 5.99. The third-order valence-corrected chi connectivity index (χ3v) is 5.70. The lowest BCUT2D eigenvalue weighted by molar-refractivity contribution is 0.407. The van der Waals surface area contributed by atoms with Crippen LogP contribution in [0.2, 0.25) is 0 Å². The van der Waals surface area contributed by atoms with Crippen LogP contribution in [0, 0.1) is 18.8 Å². The fraction of sp³-hybridized carbons (Fsp3) is 0.588. The maximum absolute atomic E-state index is 5.99. The van der Waals surface area contributed by atoms with Gasteiger partial charge in [0.2, 0.25) is 0 Å². The molecule has 0 spiro atoms. The molecule has 0 amide bonds. The monoisotopic (exact) mass is 302 g/mol. The topological polar surface area (TPSA) is 38.1 Å². The Labute approximate surface area is 129 Å². The minimum atomic E-state index is 0.400. The Hall–Kier alpha value is -1.13. The lowest BCUT2D eigenvalue weighted by atomic mass is 10.2. The predicted octanol–water partition coefficient (Wildman–Crippen LogP) is 4.41. The molecule has 4 rings (SSSR count). The predicted molar refractivity (Wildman–Crippen MR) is 84.4 cm³/mol. The summed E-state index contributed by atoms with van der Waals surface area (Å²) in [6, 6.07) is 4.69. The number of furan rings is 1. The van der Waals surface area contributed by atoms with Crippen molar-refractivity contribution in [2.45, 2.75) is 51.6 Å². The van der Waals surface area contributed by atoms with Crippen LogP contribution >= 0.6 is 11.3 Å². The fourth-order valence-electron chi connectivity index (χ4n) is 3.02. The number of nitrogens with one attached hydrogen (secondary N) is 1. The highest BCUT2D eigenvalue weighted by Crippen LogP contribution is 2.47. The maximum Gasteiger partial charge on any atom is 0.117 e. The van der Waals surface area contributed by atoms with Gasteiger partial charge in [0, 0.05) is 17.0 Å². The van der Waals surface area contributed by atoms with Crippen molar-refractivity contribution < 1.29 is 4.42 Å². The summed E-state index contributed by atoms with van der Waals surface area (Å²) in [5.41, 5.74) is 1.13. The van der Waals surface area contributed by atoms with Gasteiger partial charge in [-0.3, -0.25) is 0 Å². The van der Waals surface area contributed by atoms with Crippen molar-refractivity contribution in [2.75, 3.05) is 0 Å². The molecule has 0 aromatic carbocycles. The SMILES string of the molecule is Cc1csc(C(NCc2ccc(C3CC3C)o2)C2CC2)n1. The van der Waals surface area contributed by atoms with Gasteiger partial charge in [0.05, 0.1) is 12.6 Å². The minimum Gasteiger partial charge on any atom is -0.464 e. The molecule has 1 N–H and O–H groups in total. The quantitative estimate of drug-likeness (QED) is 0.859. The Bertz CT molecular complexity index is 628. The van der Waals surface area contributed by atoms with E-state index in [9.17, 15) is 0 Å². The van der Waals surface area contributed by atoms with Crippen LogP contribution in [0.1, 0.15) is 60.4 Å². The molecule has 0 bridgehead atoms. The van der Waals surface area contributed by atoms with Crippen LogP contribution in [0.15, 0.2) is 21.9 Å². The van der Waals surface area contributed by atoms with E-state index in [-0.39, 0.29) is 0 Å². The zero-order valence-corrected chi connectivity index (χ0v) is 13.5. The van der Waals surface area contributed by atoms with Crippen LogP contribution in [0.3, 0.4) is 0 Å². The summed E-state index contributed by atoms with van der Waals surface area (Å²) in [7, 11) is 0. The third kappa shape index (κ3) is 2.92. The summed E-state index contributed by atoms with van der Waals surface area (Å²) >= 11 is 1.78. The van der Waals surface area contributed by atoms with Crippen LogP contribution in [-0.4, -0.2) is 4.98 Å². The van der Waals surface area contributed by atoms with Gasteiger partial charge in [-0.05, 0) is 50.2 Å². The standard InChI is InChI=1S/C17H22N2OS/c1-10-7-14(10)15-6-5-13(20-15)8-18-16(12-3-4-12)17-19-11(2)9-21-17/h5-6,9-10,12,14,16,18H,3-4,7-8H2,1-2H3. The molecular weight excluding hydrogens is 280 g/mol. The molecule has 3 atom stereocenters. The van der Waals surface area contributed by atoms with Crippen molar-refractivity contribution in [3.05, 3.63) is 39.7 Å². The van der Waals surface area contributed by atoms with Crippen molar-refractivity contribution in [3.8, 4) is 0 Å². The number of nitrogens with zero attached hydrogens (tertiary/aromatic N) is 1. The van der Waals surface area contributed by atoms with Gasteiger partial charge in [0.25, 0.3) is 0 Å². The number of hydrogen-bond acceptors (Lipinski definition) is 4. The second kappa shape index (κ2) is 5.25. The van der Waals surface area contributed by atoms with E-state index in [0.29, 0.717) is 12.0 Å². The Kier molecular flexibility index (Phi) is 3.38. The number of rotatable bonds is 6. The second-order valence-electron chi connectivity index (χ2n) is 6.65. The molecule has 2 heterocycles. The molecule has 2 saturated carbocycles. The Morgan fingerprint density at radius 1 is 1.43 bits per heavy atom. The lowest BCUT2D eigenvalue weighted by Gasteiger charge is -2.14. The molecule has 2 aliphatic carbocycles. The molecule has 3 nitrogen and oxygen atoms in total. The van der Waals surface area contributed by atoms with Crippen molar-refractivity contribution >= 4 is 11.3 Å². The fourth-order valence-corrected chi connectivity index (χ4v) is 3.98. The highest BCUT2D eigenvalue weighted by atomic mass is 32.1. The first kappa shape index (κ1) is 13.5. The minimum absolute atomic E-state index is 0.400. The number of thiazole rings is 1. The highest BCUT2D eigenvalue weighted by molar-refractivity contribution is 7.09. The van der Waals surface area contributed by atoms with Crippen molar-refractivity contribution in [1.82, 2.24) is 10.3 Å². The van der Waals surface area contributed by atoms with E-state index in [2.05, 4.69) is 41.7 Å². The van der Waals surface area contributed by atoms with Gasteiger partial charge in [0.1, 0.15) is 16.5 Å². The summed E-state index contributed by atoms with van der Waals surface area (Å²) in [6.07, 6.45) is 3.92. The molecule has 0 saturated heterocycles. The van der Waals surface area contributed by atoms with E-state index in [1.54, 1.807) is 11.3 Å². The third-order valence-electron chi connectivity index (χ3n) is 4.65. The van der Waals surface area contributed by atoms with Crippen molar-refractivity contribution in [3.63, 3.8) is 0 Å². The summed E-state index contributed by atoms with van der Waals surface area (Å²) < 4.78 is 5.99. The molecule has 0 aliphatic heterocycles. The Morgan fingerprint density at radius 2 is 2.24 bits per heavy atom. The molecule has 2 aliphatic rings. The van der Waals surface area contributed by atoms with Gasteiger partial charge in [-0.1, -0.05) is 6.92 Å². The van der Waals surface area contributed by atoms with Crippen LogP contribution < -0.4 is 5.32 Å². The molecule has 4 heteroatoms. The van der Waals surface area contributed by atoms with E-state index in [1.807, 2.05) is 0 Å². The van der Waals surface area contributed by atoms with Crippen molar-refractivity contribution in [1.29, 1.82) is 0 Å². The molecule has 2 aromatic rings. The highest BCUT2D eigenvalue weighted by Gasteiger charge is 2.37. The van der Waals surface area contributed by atoms with Crippen LogP contribution in [0.4, 0.5) is 0 Å². The normalized spacial score (nSPS) is 26.0. The first-order valence-electron chi connectivity index (χ1n) is 7.94. The Balaban J connectivity index is 1.41. The summed E-state index contributed by atoms with van der Waals surface area (Å²) in [5.74, 6) is 4.46. The van der Waals surface area contributed by atoms with Gasteiger partial charge < -0.3 is 9.73 Å². The molecule has 3 unspecified atom stereocenters. The molecule has 2 aromatic heterocycles. The average Bonchev–Trinajstić information content (AvgIpc) is 3.33. The smallest absolute Gasteiger partial charge is 0.117 e. The van der Waals surface area contributed by atoms with Gasteiger partial charge in [-0.2, -0.15) is 0 Å². The molecule has 2 fully saturated rings. The van der Waals surface area contributed by atoms with Crippen molar-refractivity contribution in [2.24, 2.45) is 11.8 Å². The van der Waals surface area contributed by atoms with Gasteiger partial charge in [0.15, 0.2) is 0 Å². The number of hydrogen-bond donors (Lipinski definition) is 1. The summed E-state index contributed by atoms with van der Waals surface area (Å²) in [5, 5.41) is 7.04. The van der Waals surface area contributed by atoms with Gasteiger partial charge >= 0.3 is 0 Å². The van der Waals surface area contributed by atoms with Gasteiger partial charge in [-0.15, -0.1) is 11.3 Å². The van der Waals surface area contributed by atoms with Crippen LogP contribution in [0.5, 0.6) is 0 Å². The van der Waals surface area contributed by atoms with Crippen LogP contribution in [0.25, 0.3) is 0 Å². The Morgan fingerprint density at radius 3 is 2.86 bits per heavy atom. The molecule has 21 heavy (non-hydrogen) atoms. The van der Waals surface area contributed by atoms with E-state index < -0.39 is 0 Å². The second-order valence-corrected chi connectivity index (χ2v) is 7.54. The first-order chi connectivity index (χ1) is 10.2. The summed E-state index contributed by atoms with van der Waals surface area (Å²) in [6.45, 7) is 5.17. The average molecular weight is 302 g/mol. The zero-order chi connectivity index (χ0) is 14.4. The summed E-state index contributed by atoms with van der Waals surface area (Å²) in [4.78, 5) is 4.66. The van der Waals surface area contributed by atoms with E-state index in [0.717, 1.165) is 29.8 Å². The number of aromatic nitrogens is 1. The van der Waals surface area contributed by atoms with E-state index in [4.69, 9.17) is 4.42 Å². The van der Waals surface area contributed by atoms with Gasteiger partial charge in [-0.25, -0.2) is 4.98 Å². The van der Waals surface area contributed by atoms with E-state index >= 15 is 0 Å². The molecule has 0 radical (unpaired) electrons. The lowest BCUT2D eigenvalue weighted by Crippen LogP contribution is -2.22. The first-order valence-corrected chi connectivity index (χ1v) is 8.82. The van der Waals surface area contributed by atoms with Crippen LogP contribution in [-0.2, 0) is 6.54 Å². The molecular formula is C17H22N2OS. The number of aryl methyl sites for hydroxylation is 1. The largest absolute Gasteiger partial charge is 0.464 e. The zero-order valence-electron chi connectivity index (χ0n) is 12.6. The molecule has 112 valence electrons. The van der Waals surface area contributed by atoms with E-state index in [1.165, 1.54) is 30.0 Å².